The molecule has 0 saturated heterocycles. The lowest BCUT2D eigenvalue weighted by Crippen LogP contribution is -2.54. The van der Waals surface area contributed by atoms with Gasteiger partial charge in [-0.2, -0.15) is 0 Å². The molecule has 8 N–H and O–H groups in total. The predicted molar refractivity (Wildman–Crippen MR) is 170 cm³/mol. The Morgan fingerprint density at radius 2 is 1.74 bits per heavy atom. The van der Waals surface area contributed by atoms with E-state index in [9.17, 15) is 18.0 Å². The molecule has 0 unspecified atom stereocenters. The Morgan fingerprint density at radius 1 is 1.05 bits per heavy atom. The molecule has 3 aromatic rings. The molecule has 0 saturated carbocycles. The molecule has 0 aliphatic heterocycles. The van der Waals surface area contributed by atoms with E-state index in [1.54, 1.807) is 24.3 Å². The SMILES string of the molecule is COc1c(CNS(C)(=O)=O)cc(C(C)(C)C)cc1NC(=O)c1ccc(C)c(N(N)/C=C(\[NH3+])C(=O)Nc2cccc(C)c2)c1. The number of hydrazine groups is 1. The van der Waals surface area contributed by atoms with Gasteiger partial charge in [-0.15, -0.1) is 0 Å². The monoisotopic (exact) mass is 609 g/mol. The topological polar surface area (TPSA) is 170 Å². The van der Waals surface area contributed by atoms with Crippen molar-refractivity contribution in [2.24, 2.45) is 5.84 Å². The number of hydrogen-bond donors (Lipinski definition) is 5. The number of benzene rings is 3. The molecule has 0 bridgehead atoms. The zero-order valence-electron chi connectivity index (χ0n) is 25.7. The molecule has 43 heavy (non-hydrogen) atoms. The molecule has 0 radical (unpaired) electrons. The van der Waals surface area contributed by atoms with E-state index in [1.807, 2.05) is 65.0 Å². The van der Waals surface area contributed by atoms with E-state index in [2.05, 4.69) is 21.1 Å². The van der Waals surface area contributed by atoms with E-state index in [0.717, 1.165) is 22.9 Å². The summed E-state index contributed by atoms with van der Waals surface area (Å²) in [7, 11) is -2.01. The van der Waals surface area contributed by atoms with Gasteiger partial charge in [0.1, 0.15) is 5.75 Å². The normalized spacial score (nSPS) is 12.1. The second-order valence-corrected chi connectivity index (χ2v) is 13.2. The van der Waals surface area contributed by atoms with Gasteiger partial charge in [0.25, 0.3) is 5.91 Å². The van der Waals surface area contributed by atoms with Crippen LogP contribution in [0, 0.1) is 13.8 Å². The standard InChI is InChI=1S/C31H40N6O5S/c1-19-9-8-10-24(13-19)35-30(39)25(32)18-37(33)27-15-21(12-11-20(27)2)29(38)36-26-16-23(31(3,4)5)14-22(28(26)42-6)17-34-43(7,40)41/h8-16,18,34H,17,32-33H2,1-7H3,(H,35,39)(H,36,38)/p+1/b25-18-. The van der Waals surface area contributed by atoms with Gasteiger partial charge >= 0.3 is 5.91 Å². The average molecular weight is 610 g/mol. The first-order chi connectivity index (χ1) is 20.0. The molecule has 3 aromatic carbocycles. The van der Waals surface area contributed by atoms with Gasteiger partial charge in [-0.1, -0.05) is 45.0 Å². The molecule has 0 aliphatic rings. The number of carbonyl (C=O) groups is 2. The van der Waals surface area contributed by atoms with Crippen LogP contribution >= 0.6 is 0 Å². The molecule has 0 atom stereocenters. The first-order valence-electron chi connectivity index (χ1n) is 13.5. The minimum Gasteiger partial charge on any atom is -0.494 e. The number of quaternary nitrogens is 1. The molecule has 0 fully saturated rings. The molecule has 3 rings (SSSR count). The van der Waals surface area contributed by atoms with Gasteiger partial charge in [-0.05, 0) is 66.3 Å². The number of nitrogens with two attached hydrogens (primary N) is 1. The minimum atomic E-state index is -3.47. The molecule has 0 heterocycles. The third-order valence-electron chi connectivity index (χ3n) is 6.62. The maximum Gasteiger partial charge on any atom is 0.311 e. The quantitative estimate of drug-likeness (QED) is 0.133. The molecule has 230 valence electrons. The number of sulfonamides is 1. The van der Waals surface area contributed by atoms with Crippen LogP contribution in [0.2, 0.25) is 0 Å². The smallest absolute Gasteiger partial charge is 0.311 e. The summed E-state index contributed by atoms with van der Waals surface area (Å²) in [5, 5.41) is 6.95. The summed E-state index contributed by atoms with van der Waals surface area (Å²) in [5.74, 6) is 5.80. The number of ether oxygens (including phenoxy) is 1. The van der Waals surface area contributed by atoms with E-state index < -0.39 is 21.8 Å². The summed E-state index contributed by atoms with van der Waals surface area (Å²) >= 11 is 0. The van der Waals surface area contributed by atoms with E-state index in [0.29, 0.717) is 33.9 Å². The Kier molecular flexibility index (Phi) is 10.4. The van der Waals surface area contributed by atoms with Gasteiger partial charge in [-0.25, -0.2) is 19.0 Å². The van der Waals surface area contributed by atoms with E-state index in [-0.39, 0.29) is 17.7 Å². The van der Waals surface area contributed by atoms with Gasteiger partial charge in [0.15, 0.2) is 0 Å². The molecule has 2 amide bonds. The van der Waals surface area contributed by atoms with Gasteiger partial charge < -0.3 is 21.1 Å². The van der Waals surface area contributed by atoms with E-state index >= 15 is 0 Å². The maximum atomic E-state index is 13.5. The van der Waals surface area contributed by atoms with Crippen LogP contribution in [0.1, 0.15) is 53.4 Å². The fourth-order valence-electron chi connectivity index (χ4n) is 4.25. The summed E-state index contributed by atoms with van der Waals surface area (Å²) in [6, 6.07) is 16.1. The number of nitrogens with one attached hydrogen (secondary N) is 3. The minimum absolute atomic E-state index is 0.0111. The summed E-state index contributed by atoms with van der Waals surface area (Å²) < 4.78 is 31.7. The number of carbonyl (C=O) groups excluding carboxylic acids is 2. The van der Waals surface area contributed by atoms with Gasteiger partial charge in [0.05, 0.1) is 30.9 Å². The third kappa shape index (κ3) is 9.13. The molecule has 0 aliphatic carbocycles. The Labute approximate surface area is 253 Å². The highest BCUT2D eigenvalue weighted by Gasteiger charge is 2.22. The summed E-state index contributed by atoms with van der Waals surface area (Å²) in [4.78, 5) is 26.2. The molecule has 11 nitrogen and oxygen atoms in total. The summed E-state index contributed by atoms with van der Waals surface area (Å²) in [6.07, 6.45) is 2.47. The average Bonchev–Trinajstić information content (AvgIpc) is 2.90. The number of anilines is 3. The molecule has 0 aromatic heterocycles. The predicted octanol–water partition coefficient (Wildman–Crippen LogP) is 3.31. The zero-order chi connectivity index (χ0) is 32.1. The first-order valence-corrected chi connectivity index (χ1v) is 15.4. The zero-order valence-corrected chi connectivity index (χ0v) is 26.5. The Bertz CT molecular complexity index is 1660. The van der Waals surface area contributed by atoms with Crippen molar-refractivity contribution >= 4 is 38.9 Å². The van der Waals surface area contributed by atoms with Crippen molar-refractivity contribution in [1.82, 2.24) is 4.72 Å². The summed E-state index contributed by atoms with van der Waals surface area (Å²) in [6.45, 7) is 9.79. The number of nitrogens with zero attached hydrogens (tertiary/aromatic N) is 1. The highest BCUT2D eigenvalue weighted by atomic mass is 32.2. The Balaban J connectivity index is 1.90. The third-order valence-corrected chi connectivity index (χ3v) is 7.29. The van der Waals surface area contributed by atoms with Crippen LogP contribution in [0.3, 0.4) is 0 Å². The van der Waals surface area contributed by atoms with Crippen molar-refractivity contribution in [2.45, 2.75) is 46.6 Å². The van der Waals surface area contributed by atoms with Crippen molar-refractivity contribution in [3.63, 3.8) is 0 Å². The van der Waals surface area contributed by atoms with Crippen LogP contribution in [0.15, 0.2) is 66.5 Å². The number of amides is 2. The van der Waals surface area contributed by atoms with Crippen molar-refractivity contribution in [2.75, 3.05) is 29.0 Å². The fraction of sp³-hybridized carbons (Fsp3) is 0.290. The molecular weight excluding hydrogens is 568 g/mol. The second kappa shape index (κ2) is 13.4. The maximum absolute atomic E-state index is 13.5. The van der Waals surface area contributed by atoms with Crippen molar-refractivity contribution in [1.29, 1.82) is 0 Å². The lowest BCUT2D eigenvalue weighted by molar-refractivity contribution is -0.298. The first kappa shape index (κ1) is 33.3. The van der Waals surface area contributed by atoms with Crippen molar-refractivity contribution in [3.8, 4) is 5.75 Å². The largest absolute Gasteiger partial charge is 0.494 e. The number of methoxy groups -OCH3 is 1. The second-order valence-electron chi connectivity index (χ2n) is 11.4. The van der Waals surface area contributed by atoms with E-state index in [4.69, 9.17) is 10.6 Å². The van der Waals surface area contributed by atoms with Crippen LogP contribution < -0.4 is 36.7 Å². The van der Waals surface area contributed by atoms with Crippen LogP contribution in [-0.4, -0.2) is 33.6 Å². The van der Waals surface area contributed by atoms with Gasteiger partial charge in [0, 0.05) is 23.4 Å². The lowest BCUT2D eigenvalue weighted by Gasteiger charge is -2.24. The number of hydrogen-bond acceptors (Lipinski definition) is 7. The van der Waals surface area contributed by atoms with Gasteiger partial charge in [0.2, 0.25) is 15.7 Å². The van der Waals surface area contributed by atoms with Crippen LogP contribution in [0.4, 0.5) is 17.1 Å². The van der Waals surface area contributed by atoms with Crippen molar-refractivity contribution < 1.29 is 28.5 Å². The molecule has 0 spiro atoms. The Hall–Kier alpha value is -4.23. The lowest BCUT2D eigenvalue weighted by atomic mass is 9.85. The van der Waals surface area contributed by atoms with Gasteiger partial charge in [-0.3, -0.25) is 14.6 Å². The number of aryl methyl sites for hydroxylation is 2. The van der Waals surface area contributed by atoms with Crippen LogP contribution in [-0.2, 0) is 26.8 Å². The Morgan fingerprint density at radius 3 is 2.35 bits per heavy atom. The molecular formula is C31H41N6O5S+. The highest BCUT2D eigenvalue weighted by Crippen LogP contribution is 2.36. The summed E-state index contributed by atoms with van der Waals surface area (Å²) in [5.41, 5.74) is 8.72. The molecule has 12 heteroatoms. The van der Waals surface area contributed by atoms with Crippen LogP contribution in [0.25, 0.3) is 0 Å². The number of rotatable bonds is 10. The van der Waals surface area contributed by atoms with E-state index in [1.165, 1.54) is 18.3 Å². The van der Waals surface area contributed by atoms with Crippen molar-refractivity contribution in [3.05, 3.63) is 94.3 Å². The highest BCUT2D eigenvalue weighted by molar-refractivity contribution is 7.88. The fourth-order valence-corrected chi connectivity index (χ4v) is 4.67. The van der Waals surface area contributed by atoms with Crippen LogP contribution in [0.5, 0.6) is 5.75 Å².